The molecular formula is C13H28N2O2. The van der Waals surface area contributed by atoms with E-state index in [1.807, 2.05) is 0 Å². The molecule has 2 N–H and O–H groups in total. The van der Waals surface area contributed by atoms with Crippen molar-refractivity contribution in [1.82, 2.24) is 4.90 Å². The van der Waals surface area contributed by atoms with E-state index in [2.05, 4.69) is 4.90 Å². The minimum atomic E-state index is 0.697. The highest BCUT2D eigenvalue weighted by Crippen LogP contribution is 2.21. The number of likely N-dealkylation sites (tertiary alicyclic amines) is 1. The number of nitrogens with zero attached hydrogens (tertiary/aromatic N) is 1. The Hall–Kier alpha value is -0.160. The first-order valence-corrected chi connectivity index (χ1v) is 6.89. The molecule has 0 spiro atoms. The third-order valence-corrected chi connectivity index (χ3v) is 3.41. The highest BCUT2D eigenvalue weighted by molar-refractivity contribution is 4.78. The summed E-state index contributed by atoms with van der Waals surface area (Å²) in [5, 5.41) is 0. The van der Waals surface area contributed by atoms with Crippen LogP contribution < -0.4 is 5.73 Å². The van der Waals surface area contributed by atoms with E-state index in [9.17, 15) is 0 Å². The minimum absolute atomic E-state index is 0.697. The first kappa shape index (κ1) is 14.9. The second-order valence-corrected chi connectivity index (χ2v) is 4.72. The number of methoxy groups -OCH3 is 1. The topological polar surface area (TPSA) is 47.7 Å². The van der Waals surface area contributed by atoms with Crippen LogP contribution in [-0.4, -0.2) is 57.5 Å². The molecule has 17 heavy (non-hydrogen) atoms. The normalized spacial score (nSPS) is 21.2. The van der Waals surface area contributed by atoms with Gasteiger partial charge in [-0.15, -0.1) is 0 Å². The van der Waals surface area contributed by atoms with Crippen LogP contribution in [0.2, 0.25) is 0 Å². The molecule has 1 unspecified atom stereocenters. The molecule has 1 aliphatic rings. The number of ether oxygens (including phenoxy) is 2. The maximum Gasteiger partial charge on any atom is 0.0700 e. The van der Waals surface area contributed by atoms with Gasteiger partial charge in [0.15, 0.2) is 0 Å². The summed E-state index contributed by atoms with van der Waals surface area (Å²) in [4.78, 5) is 2.61. The first-order chi connectivity index (χ1) is 8.38. The van der Waals surface area contributed by atoms with Crippen molar-refractivity contribution < 1.29 is 9.47 Å². The average Bonchev–Trinajstić information content (AvgIpc) is 2.78. The van der Waals surface area contributed by atoms with Gasteiger partial charge in [0.05, 0.1) is 13.2 Å². The van der Waals surface area contributed by atoms with Gasteiger partial charge < -0.3 is 20.1 Å². The molecule has 1 rings (SSSR count). The summed E-state index contributed by atoms with van der Waals surface area (Å²) < 4.78 is 10.4. The van der Waals surface area contributed by atoms with Crippen LogP contribution in [0.1, 0.15) is 32.1 Å². The number of rotatable bonds is 10. The van der Waals surface area contributed by atoms with Crippen LogP contribution in [0.15, 0.2) is 0 Å². The molecule has 0 saturated carbocycles. The van der Waals surface area contributed by atoms with E-state index in [4.69, 9.17) is 15.2 Å². The van der Waals surface area contributed by atoms with Crippen molar-refractivity contribution in [2.75, 3.05) is 46.6 Å². The van der Waals surface area contributed by atoms with Crippen LogP contribution in [0.25, 0.3) is 0 Å². The average molecular weight is 244 g/mol. The summed E-state index contributed by atoms with van der Waals surface area (Å²) in [6.45, 7) is 5.51. The zero-order valence-electron chi connectivity index (χ0n) is 11.2. The molecule has 4 heteroatoms. The maximum absolute atomic E-state index is 5.57. The zero-order chi connectivity index (χ0) is 12.3. The molecule has 0 aromatic carbocycles. The van der Waals surface area contributed by atoms with Crippen molar-refractivity contribution in [3.63, 3.8) is 0 Å². The molecular weight excluding hydrogens is 216 g/mol. The number of nitrogens with two attached hydrogens (primary N) is 1. The Kier molecular flexibility index (Phi) is 8.61. The standard InChI is InChI=1S/C13H28N2O2/c1-16-11-12-17-10-4-9-15-8-3-6-13(15)5-2-7-14/h13H,2-12,14H2,1H3. The van der Waals surface area contributed by atoms with Gasteiger partial charge in [0.2, 0.25) is 0 Å². The monoisotopic (exact) mass is 244 g/mol. The van der Waals surface area contributed by atoms with Gasteiger partial charge in [0.1, 0.15) is 0 Å². The van der Waals surface area contributed by atoms with Gasteiger partial charge in [-0.3, -0.25) is 0 Å². The lowest BCUT2D eigenvalue weighted by Crippen LogP contribution is -2.31. The quantitative estimate of drug-likeness (QED) is 0.587. The van der Waals surface area contributed by atoms with Crippen molar-refractivity contribution in [1.29, 1.82) is 0 Å². The van der Waals surface area contributed by atoms with E-state index in [1.54, 1.807) is 7.11 Å². The Labute approximate surface area is 105 Å². The molecule has 1 saturated heterocycles. The van der Waals surface area contributed by atoms with Gasteiger partial charge in [-0.05, 0) is 45.2 Å². The van der Waals surface area contributed by atoms with Crippen molar-refractivity contribution in [2.45, 2.75) is 38.1 Å². The van der Waals surface area contributed by atoms with Crippen molar-refractivity contribution in [3.05, 3.63) is 0 Å². The Morgan fingerprint density at radius 2 is 2.12 bits per heavy atom. The van der Waals surface area contributed by atoms with E-state index in [1.165, 1.54) is 32.4 Å². The molecule has 0 aromatic rings. The van der Waals surface area contributed by atoms with E-state index in [0.717, 1.165) is 32.0 Å². The fourth-order valence-electron chi connectivity index (χ4n) is 2.48. The van der Waals surface area contributed by atoms with E-state index in [0.29, 0.717) is 13.2 Å². The van der Waals surface area contributed by atoms with Gasteiger partial charge >= 0.3 is 0 Å². The molecule has 1 fully saturated rings. The van der Waals surface area contributed by atoms with Gasteiger partial charge in [-0.1, -0.05) is 0 Å². The van der Waals surface area contributed by atoms with Gasteiger partial charge in [-0.25, -0.2) is 0 Å². The summed E-state index contributed by atoms with van der Waals surface area (Å²) in [5.74, 6) is 0. The lowest BCUT2D eigenvalue weighted by atomic mass is 10.1. The van der Waals surface area contributed by atoms with Gasteiger partial charge in [0, 0.05) is 26.3 Å². The molecule has 0 radical (unpaired) electrons. The SMILES string of the molecule is COCCOCCCN1CCCC1CCCN. The van der Waals surface area contributed by atoms with Crippen LogP contribution in [0.4, 0.5) is 0 Å². The van der Waals surface area contributed by atoms with Crippen LogP contribution >= 0.6 is 0 Å². The van der Waals surface area contributed by atoms with E-state index in [-0.39, 0.29) is 0 Å². The third kappa shape index (κ3) is 6.36. The van der Waals surface area contributed by atoms with Crippen LogP contribution in [0, 0.1) is 0 Å². The minimum Gasteiger partial charge on any atom is -0.382 e. The molecule has 1 atom stereocenters. The van der Waals surface area contributed by atoms with Gasteiger partial charge in [-0.2, -0.15) is 0 Å². The summed E-state index contributed by atoms with van der Waals surface area (Å²) >= 11 is 0. The third-order valence-electron chi connectivity index (χ3n) is 3.41. The zero-order valence-corrected chi connectivity index (χ0v) is 11.2. The predicted molar refractivity (Wildman–Crippen MR) is 70.2 cm³/mol. The lowest BCUT2D eigenvalue weighted by Gasteiger charge is -2.24. The van der Waals surface area contributed by atoms with Crippen LogP contribution in [0.5, 0.6) is 0 Å². The second-order valence-electron chi connectivity index (χ2n) is 4.72. The molecule has 102 valence electrons. The summed E-state index contributed by atoms with van der Waals surface area (Å²) in [5.41, 5.74) is 5.57. The smallest absolute Gasteiger partial charge is 0.0700 e. The van der Waals surface area contributed by atoms with Crippen molar-refractivity contribution >= 4 is 0 Å². The number of hydrogen-bond acceptors (Lipinski definition) is 4. The van der Waals surface area contributed by atoms with E-state index >= 15 is 0 Å². The summed E-state index contributed by atoms with van der Waals surface area (Å²) in [7, 11) is 1.70. The summed E-state index contributed by atoms with van der Waals surface area (Å²) in [6, 6.07) is 0.775. The highest BCUT2D eigenvalue weighted by atomic mass is 16.5. The summed E-state index contributed by atoms with van der Waals surface area (Å²) in [6.07, 6.45) is 6.25. The van der Waals surface area contributed by atoms with Crippen LogP contribution in [0.3, 0.4) is 0 Å². The van der Waals surface area contributed by atoms with Crippen LogP contribution in [-0.2, 0) is 9.47 Å². The Morgan fingerprint density at radius 3 is 2.88 bits per heavy atom. The fourth-order valence-corrected chi connectivity index (χ4v) is 2.48. The second kappa shape index (κ2) is 9.83. The number of hydrogen-bond donors (Lipinski definition) is 1. The molecule has 1 heterocycles. The van der Waals surface area contributed by atoms with Crippen molar-refractivity contribution in [2.24, 2.45) is 5.73 Å². The Bertz CT molecular complexity index is 179. The molecule has 1 aliphatic heterocycles. The van der Waals surface area contributed by atoms with E-state index < -0.39 is 0 Å². The molecule has 0 aliphatic carbocycles. The van der Waals surface area contributed by atoms with Gasteiger partial charge in [0.25, 0.3) is 0 Å². The largest absolute Gasteiger partial charge is 0.382 e. The van der Waals surface area contributed by atoms with Crippen molar-refractivity contribution in [3.8, 4) is 0 Å². The molecule has 0 bridgehead atoms. The molecule has 0 amide bonds. The first-order valence-electron chi connectivity index (χ1n) is 6.89. The maximum atomic E-state index is 5.57. The Balaban J connectivity index is 2.00. The Morgan fingerprint density at radius 1 is 1.24 bits per heavy atom. The predicted octanol–water partition coefficient (Wildman–Crippen LogP) is 1.24. The fraction of sp³-hybridized carbons (Fsp3) is 1.00. The molecule has 0 aromatic heterocycles. The lowest BCUT2D eigenvalue weighted by molar-refractivity contribution is 0.0644. The molecule has 4 nitrogen and oxygen atoms in total. The highest BCUT2D eigenvalue weighted by Gasteiger charge is 2.22.